The van der Waals surface area contributed by atoms with E-state index < -0.39 is 76.7 Å². The van der Waals surface area contributed by atoms with Gasteiger partial charge in [0.15, 0.2) is 6.10 Å². The van der Waals surface area contributed by atoms with Crippen LogP contribution in [0.25, 0.3) is 0 Å². The standard InChI is InChI=1S/C46H77O13P/c1-3-5-7-8-9-10-11-12-13-14-15-16-17-18-19-20-25-29-45(52)56-36-40(37-58-60(54,55)57-35-39(49)34-47)59-46(53)30-26-22-21-24-28-41-42(44(51)33-43(41)50)32-31-38(48)27-23-6-4-2/h9-10,12-13,15-16,18-19,21,24,31-32,38-44,47-51H,3-8,11,14,17,20,22-23,25-30,33-37H2,1-2H3,(H,54,55)/b10-9-,13-12-,16-15-,19-18-,24-21+,32-31+/t38-,39-,40+,41+,42+,43-,44+/m0/s1. The van der Waals surface area contributed by atoms with E-state index in [0.29, 0.717) is 38.5 Å². The predicted molar refractivity (Wildman–Crippen MR) is 235 cm³/mol. The number of phosphoric ester groups is 1. The maximum atomic E-state index is 12.7. The lowest BCUT2D eigenvalue weighted by molar-refractivity contribution is -0.161. The highest BCUT2D eigenvalue weighted by Crippen LogP contribution is 2.43. The van der Waals surface area contributed by atoms with Crippen molar-refractivity contribution in [3.63, 3.8) is 0 Å². The zero-order chi connectivity index (χ0) is 44.3. The van der Waals surface area contributed by atoms with E-state index in [-0.39, 0.29) is 31.1 Å². The molecule has 60 heavy (non-hydrogen) atoms. The van der Waals surface area contributed by atoms with Crippen LogP contribution in [0.2, 0.25) is 0 Å². The summed E-state index contributed by atoms with van der Waals surface area (Å²) in [5.41, 5.74) is 0. The first-order valence-corrected chi connectivity index (χ1v) is 23.6. The molecule has 0 radical (unpaired) electrons. The summed E-state index contributed by atoms with van der Waals surface area (Å²) in [7, 11) is -4.70. The van der Waals surface area contributed by atoms with Crippen molar-refractivity contribution in [1.29, 1.82) is 0 Å². The first-order chi connectivity index (χ1) is 28.9. The van der Waals surface area contributed by atoms with Crippen molar-refractivity contribution in [2.45, 2.75) is 166 Å². The molecular weight excluding hydrogens is 791 g/mol. The molecule has 0 aromatic rings. The minimum absolute atomic E-state index is 0.00805. The van der Waals surface area contributed by atoms with Gasteiger partial charge >= 0.3 is 19.8 Å². The van der Waals surface area contributed by atoms with Crippen LogP contribution in [-0.2, 0) is 32.7 Å². The van der Waals surface area contributed by atoms with E-state index in [1.165, 1.54) is 19.3 Å². The van der Waals surface area contributed by atoms with Gasteiger partial charge in [-0.05, 0) is 76.5 Å². The Hall–Kier alpha value is -2.71. The van der Waals surface area contributed by atoms with E-state index in [2.05, 4.69) is 54.8 Å². The zero-order valence-corrected chi connectivity index (χ0v) is 37.1. The van der Waals surface area contributed by atoms with E-state index in [0.717, 1.165) is 44.9 Å². The number of unbranched alkanes of at least 4 members (excludes halogenated alkanes) is 7. The average molecular weight is 869 g/mol. The number of phosphoric acid groups is 1. The average Bonchev–Trinajstić information content (AvgIpc) is 3.49. The lowest BCUT2D eigenvalue weighted by atomic mass is 9.89. The molecule has 344 valence electrons. The van der Waals surface area contributed by atoms with Crippen LogP contribution in [0.1, 0.15) is 136 Å². The molecule has 6 N–H and O–H groups in total. The van der Waals surface area contributed by atoms with Crippen LogP contribution in [0.3, 0.4) is 0 Å². The van der Waals surface area contributed by atoms with Gasteiger partial charge in [-0.1, -0.05) is 119 Å². The maximum absolute atomic E-state index is 12.7. The second-order valence-corrected chi connectivity index (χ2v) is 16.8. The first-order valence-electron chi connectivity index (χ1n) is 22.2. The Balaban J connectivity index is 2.52. The second-order valence-electron chi connectivity index (χ2n) is 15.3. The van der Waals surface area contributed by atoms with Gasteiger partial charge in [-0.3, -0.25) is 18.6 Å². The first kappa shape index (κ1) is 55.3. The fourth-order valence-corrected chi connectivity index (χ4v) is 7.18. The Bertz CT molecular complexity index is 1340. The Morgan fingerprint density at radius 3 is 1.87 bits per heavy atom. The number of hydrogen-bond acceptors (Lipinski definition) is 12. The van der Waals surface area contributed by atoms with E-state index in [1.807, 2.05) is 30.4 Å². The summed E-state index contributed by atoms with van der Waals surface area (Å²) in [6.07, 6.45) is 34.0. The molecule has 1 aliphatic rings. The summed E-state index contributed by atoms with van der Waals surface area (Å²) >= 11 is 0. The molecular formula is C46H77O13P. The van der Waals surface area contributed by atoms with Crippen LogP contribution in [0.4, 0.5) is 0 Å². The Kier molecular flexibility index (Phi) is 33.0. The third-order valence-electron chi connectivity index (χ3n) is 9.90. The lowest BCUT2D eigenvalue weighted by Gasteiger charge is -2.20. The number of carbonyl (C=O) groups excluding carboxylic acids is 2. The molecule has 1 saturated carbocycles. The molecule has 0 heterocycles. The van der Waals surface area contributed by atoms with Crippen LogP contribution in [-0.4, -0.2) is 99.3 Å². The van der Waals surface area contributed by atoms with Crippen molar-refractivity contribution < 1.29 is 63.1 Å². The highest BCUT2D eigenvalue weighted by atomic mass is 31.2. The fourth-order valence-electron chi connectivity index (χ4n) is 6.39. The van der Waals surface area contributed by atoms with Crippen molar-refractivity contribution in [2.24, 2.45) is 11.8 Å². The van der Waals surface area contributed by atoms with Crippen LogP contribution in [0.15, 0.2) is 72.9 Å². The number of esters is 2. The third kappa shape index (κ3) is 29.5. The highest BCUT2D eigenvalue weighted by Gasteiger charge is 2.39. The minimum atomic E-state index is -4.70. The summed E-state index contributed by atoms with van der Waals surface area (Å²) in [4.78, 5) is 35.2. The molecule has 0 aromatic carbocycles. The van der Waals surface area contributed by atoms with Gasteiger partial charge in [0, 0.05) is 25.2 Å². The van der Waals surface area contributed by atoms with Gasteiger partial charge in [-0.25, -0.2) is 4.57 Å². The van der Waals surface area contributed by atoms with E-state index >= 15 is 0 Å². The van der Waals surface area contributed by atoms with E-state index in [9.17, 15) is 39.5 Å². The smallest absolute Gasteiger partial charge is 0.462 e. The van der Waals surface area contributed by atoms with Crippen molar-refractivity contribution in [3.05, 3.63) is 72.9 Å². The summed E-state index contributed by atoms with van der Waals surface area (Å²) in [6.45, 7) is 1.89. The van der Waals surface area contributed by atoms with E-state index in [4.69, 9.17) is 19.1 Å². The van der Waals surface area contributed by atoms with Gasteiger partial charge in [0.25, 0.3) is 0 Å². The van der Waals surface area contributed by atoms with Crippen LogP contribution >= 0.6 is 7.82 Å². The molecule has 0 aliphatic heterocycles. The third-order valence-corrected chi connectivity index (χ3v) is 10.9. The van der Waals surface area contributed by atoms with Crippen molar-refractivity contribution >= 4 is 19.8 Å². The van der Waals surface area contributed by atoms with Gasteiger partial charge in [-0.15, -0.1) is 0 Å². The molecule has 0 amide bonds. The molecule has 14 heteroatoms. The minimum Gasteiger partial charge on any atom is -0.462 e. The number of hydrogen-bond donors (Lipinski definition) is 6. The van der Waals surface area contributed by atoms with Crippen LogP contribution in [0, 0.1) is 11.8 Å². The molecule has 0 saturated heterocycles. The molecule has 1 unspecified atom stereocenters. The summed E-state index contributed by atoms with van der Waals surface area (Å²) in [5, 5.41) is 49.7. The number of carbonyl (C=O) groups is 2. The molecule has 0 aromatic heterocycles. The second kappa shape index (κ2) is 35.8. The number of ether oxygens (including phenoxy) is 2. The van der Waals surface area contributed by atoms with Crippen LogP contribution < -0.4 is 0 Å². The Labute approximate surface area is 359 Å². The molecule has 0 spiro atoms. The number of rotatable bonds is 36. The largest absolute Gasteiger partial charge is 0.472 e. The predicted octanol–water partition coefficient (Wildman–Crippen LogP) is 8.05. The summed E-state index contributed by atoms with van der Waals surface area (Å²) in [5.74, 6) is -1.66. The molecule has 1 rings (SSSR count). The van der Waals surface area contributed by atoms with Crippen molar-refractivity contribution in [3.8, 4) is 0 Å². The number of aliphatic hydroxyl groups is 5. The van der Waals surface area contributed by atoms with Gasteiger partial charge in [0.2, 0.25) is 0 Å². The van der Waals surface area contributed by atoms with Gasteiger partial charge < -0.3 is 39.9 Å². The fraction of sp³-hybridized carbons (Fsp3) is 0.696. The Morgan fingerprint density at radius 2 is 1.25 bits per heavy atom. The summed E-state index contributed by atoms with van der Waals surface area (Å²) in [6, 6.07) is 0. The topological polar surface area (TPSA) is 210 Å². The number of aliphatic hydroxyl groups excluding tert-OH is 5. The Morgan fingerprint density at radius 1 is 0.700 bits per heavy atom. The monoisotopic (exact) mass is 869 g/mol. The number of allylic oxidation sites excluding steroid dienone is 10. The van der Waals surface area contributed by atoms with Crippen molar-refractivity contribution in [2.75, 3.05) is 26.4 Å². The van der Waals surface area contributed by atoms with Gasteiger partial charge in [-0.2, -0.15) is 0 Å². The highest BCUT2D eigenvalue weighted by molar-refractivity contribution is 7.47. The van der Waals surface area contributed by atoms with Crippen LogP contribution in [0.5, 0.6) is 0 Å². The maximum Gasteiger partial charge on any atom is 0.472 e. The van der Waals surface area contributed by atoms with E-state index in [1.54, 1.807) is 6.08 Å². The SMILES string of the molecule is CCCCC/C=C\C/C=C\C/C=C\C/C=C\CCCC(=O)OC[C@H](COP(=O)(O)OC[C@@H](O)CO)OC(=O)CCC/C=C/C[C@@H]1[C@@H](/C=C/[C@@H](O)CCCCC)[C@H](O)C[C@@H]1O. The molecule has 1 aliphatic carbocycles. The van der Waals surface area contributed by atoms with Gasteiger partial charge in [0.05, 0.1) is 38.1 Å². The summed E-state index contributed by atoms with van der Waals surface area (Å²) < 4.78 is 32.6. The normalized spacial score (nSPS) is 21.3. The zero-order valence-electron chi connectivity index (χ0n) is 36.2. The lowest BCUT2D eigenvalue weighted by Crippen LogP contribution is -2.29. The quantitative estimate of drug-likeness (QED) is 0.0153. The molecule has 0 bridgehead atoms. The van der Waals surface area contributed by atoms with Gasteiger partial charge in [0.1, 0.15) is 12.7 Å². The molecule has 1 fully saturated rings. The van der Waals surface area contributed by atoms with Crippen molar-refractivity contribution in [1.82, 2.24) is 0 Å². The molecule has 13 nitrogen and oxygen atoms in total. The molecule has 8 atom stereocenters.